The number of nitrogens with one attached hydrogen (secondary N) is 1. The van der Waals surface area contributed by atoms with Gasteiger partial charge in [0.15, 0.2) is 5.65 Å². The van der Waals surface area contributed by atoms with Crippen molar-refractivity contribution >= 4 is 61.2 Å². The Hall–Kier alpha value is -3.54. The molecule has 0 atom stereocenters. The van der Waals surface area contributed by atoms with Crippen molar-refractivity contribution in [1.29, 1.82) is 0 Å². The summed E-state index contributed by atoms with van der Waals surface area (Å²) in [5.74, 6) is -0.163. The predicted molar refractivity (Wildman–Crippen MR) is 127 cm³/mol. The quantitative estimate of drug-likeness (QED) is 0.359. The van der Waals surface area contributed by atoms with Crippen LogP contribution in [0.25, 0.3) is 22.2 Å². The molecule has 0 aliphatic heterocycles. The van der Waals surface area contributed by atoms with Crippen LogP contribution >= 0.6 is 23.2 Å². The van der Waals surface area contributed by atoms with Gasteiger partial charge in [-0.2, -0.15) is 0 Å². The zero-order valence-electron chi connectivity index (χ0n) is 17.5. The van der Waals surface area contributed by atoms with Crippen LogP contribution in [0.3, 0.4) is 0 Å². The number of nitrogens with zero attached hydrogens (tertiary/aromatic N) is 6. The highest BCUT2D eigenvalue weighted by Gasteiger charge is 2.23. The predicted octanol–water partition coefficient (Wildman–Crippen LogP) is 3.99. The summed E-state index contributed by atoms with van der Waals surface area (Å²) in [5.41, 5.74) is 3.03. The Bertz CT molecular complexity index is 1660. The van der Waals surface area contributed by atoms with Crippen molar-refractivity contribution in [2.45, 2.75) is 11.5 Å². The first-order valence-corrected chi connectivity index (χ1v) is 12.1. The Morgan fingerprint density at radius 3 is 2.76 bits per heavy atom. The van der Waals surface area contributed by atoms with Gasteiger partial charge in [0.05, 0.1) is 15.6 Å². The minimum atomic E-state index is -4.16. The maximum atomic E-state index is 13.1. The number of benzene rings is 2. The minimum Gasteiger partial charge on any atom is -0.470 e. The number of halogens is 2. The summed E-state index contributed by atoms with van der Waals surface area (Å²) >= 11 is 12.1. The molecule has 5 aromatic rings. The maximum Gasteiger partial charge on any atom is 0.264 e. The van der Waals surface area contributed by atoms with E-state index in [0.29, 0.717) is 11.0 Å². The average molecular weight is 516 g/mol. The minimum absolute atomic E-state index is 0.0264. The number of hydrogen-bond acceptors (Lipinski definition) is 8. The van der Waals surface area contributed by atoms with E-state index in [1.54, 1.807) is 23.9 Å². The van der Waals surface area contributed by atoms with Gasteiger partial charge in [-0.15, -0.1) is 5.10 Å². The van der Waals surface area contributed by atoms with Crippen LogP contribution in [0.5, 0.6) is 5.88 Å². The molecule has 0 fully saturated rings. The number of hydrogen-bond donors (Lipinski definition) is 1. The monoisotopic (exact) mass is 515 g/mol. The summed E-state index contributed by atoms with van der Waals surface area (Å²) in [6.07, 6.45) is 1.53. The molecule has 0 unspecified atom stereocenters. The molecule has 34 heavy (non-hydrogen) atoms. The topological polar surface area (TPSA) is 125 Å². The Kier molecular flexibility index (Phi) is 5.68. The molecule has 0 aliphatic rings. The summed E-state index contributed by atoms with van der Waals surface area (Å²) in [4.78, 5) is 12.7. The van der Waals surface area contributed by atoms with E-state index in [2.05, 4.69) is 30.0 Å². The first-order valence-electron chi connectivity index (χ1n) is 9.82. The van der Waals surface area contributed by atoms with Gasteiger partial charge in [-0.05, 0) is 42.0 Å². The molecule has 172 valence electrons. The molecule has 0 spiro atoms. The summed E-state index contributed by atoms with van der Waals surface area (Å²) in [6, 6.07) is 13.2. The fraction of sp³-hybridized carbons (Fsp3) is 0.0952. The molecule has 0 saturated carbocycles. The van der Waals surface area contributed by atoms with Crippen LogP contribution in [0.1, 0.15) is 5.56 Å². The van der Waals surface area contributed by atoms with Gasteiger partial charge in [0.25, 0.3) is 15.9 Å². The summed E-state index contributed by atoms with van der Waals surface area (Å²) < 4.78 is 36.1. The Labute approximate surface area is 203 Å². The van der Waals surface area contributed by atoms with Gasteiger partial charge in [-0.1, -0.05) is 40.5 Å². The van der Waals surface area contributed by atoms with Crippen molar-refractivity contribution in [1.82, 2.24) is 29.9 Å². The molecule has 10 nitrogen and oxygen atoms in total. The van der Waals surface area contributed by atoms with Crippen LogP contribution in [0.2, 0.25) is 10.0 Å². The number of pyridine rings is 1. The summed E-state index contributed by atoms with van der Waals surface area (Å²) in [6.45, 7) is 0.0829. The first kappa shape index (κ1) is 22.3. The molecule has 0 bridgehead atoms. The van der Waals surface area contributed by atoms with E-state index in [4.69, 9.17) is 27.9 Å². The summed E-state index contributed by atoms with van der Waals surface area (Å²) in [5, 5.41) is 8.08. The lowest BCUT2D eigenvalue weighted by atomic mass is 10.2. The molecule has 0 radical (unpaired) electrons. The van der Waals surface area contributed by atoms with Crippen LogP contribution in [-0.2, 0) is 23.7 Å². The third kappa shape index (κ3) is 4.20. The molecule has 0 saturated heterocycles. The number of ether oxygens (including phenoxy) is 1. The van der Waals surface area contributed by atoms with Crippen LogP contribution < -0.4 is 9.46 Å². The van der Waals surface area contributed by atoms with E-state index in [1.165, 1.54) is 24.4 Å². The van der Waals surface area contributed by atoms with Gasteiger partial charge in [0.1, 0.15) is 22.5 Å². The lowest BCUT2D eigenvalue weighted by molar-refractivity contribution is 0.296. The molecule has 0 amide bonds. The molecular weight excluding hydrogens is 501 g/mol. The van der Waals surface area contributed by atoms with E-state index < -0.39 is 10.0 Å². The van der Waals surface area contributed by atoms with Crippen LogP contribution in [0.15, 0.2) is 59.6 Å². The van der Waals surface area contributed by atoms with E-state index >= 15 is 0 Å². The van der Waals surface area contributed by atoms with Crippen molar-refractivity contribution in [3.8, 4) is 5.88 Å². The molecule has 3 aromatic heterocycles. The van der Waals surface area contributed by atoms with E-state index in [-0.39, 0.29) is 38.9 Å². The zero-order valence-corrected chi connectivity index (χ0v) is 19.8. The van der Waals surface area contributed by atoms with Crippen LogP contribution in [-0.4, -0.2) is 38.4 Å². The number of fused-ring (bicyclic) bond motifs is 2. The van der Waals surface area contributed by atoms with Crippen molar-refractivity contribution in [3.63, 3.8) is 0 Å². The molecular formula is C21H15Cl2N7O3S. The van der Waals surface area contributed by atoms with Crippen molar-refractivity contribution in [2.75, 3.05) is 4.72 Å². The lowest BCUT2D eigenvalue weighted by Crippen LogP contribution is -2.16. The van der Waals surface area contributed by atoms with E-state index in [0.717, 1.165) is 11.1 Å². The standard InChI is InChI=1S/C21H15Cl2N7O3S/c1-30-16-8-7-12(10-15(16)27-29-30)11-33-21-20(26-19-14(25-21)5-3-9-24-19)28-34(31,32)17-6-2-4-13(22)18(17)23/h2-10H,11H2,1H3,(H,24,26,28). The fourth-order valence-corrected chi connectivity index (χ4v) is 5.01. The largest absolute Gasteiger partial charge is 0.470 e. The normalized spacial score (nSPS) is 11.7. The lowest BCUT2D eigenvalue weighted by Gasteiger charge is -2.14. The second-order valence-corrected chi connectivity index (χ2v) is 9.64. The third-order valence-electron chi connectivity index (χ3n) is 4.90. The average Bonchev–Trinajstić information content (AvgIpc) is 3.19. The van der Waals surface area contributed by atoms with Crippen molar-refractivity contribution < 1.29 is 13.2 Å². The second kappa shape index (κ2) is 8.67. The van der Waals surface area contributed by atoms with Gasteiger partial charge in [0, 0.05) is 13.2 Å². The van der Waals surface area contributed by atoms with Gasteiger partial charge in [-0.3, -0.25) is 4.72 Å². The maximum absolute atomic E-state index is 13.1. The zero-order chi connectivity index (χ0) is 23.9. The number of aryl methyl sites for hydroxylation is 1. The highest BCUT2D eigenvalue weighted by atomic mass is 35.5. The van der Waals surface area contributed by atoms with Gasteiger partial charge >= 0.3 is 0 Å². The molecule has 5 rings (SSSR count). The molecule has 2 aromatic carbocycles. The fourth-order valence-electron chi connectivity index (χ4n) is 3.25. The number of aromatic nitrogens is 6. The Balaban J connectivity index is 1.51. The van der Waals surface area contributed by atoms with Crippen LogP contribution in [0, 0.1) is 0 Å². The molecule has 13 heteroatoms. The second-order valence-electron chi connectivity index (χ2n) is 7.21. The van der Waals surface area contributed by atoms with Crippen molar-refractivity contribution in [3.05, 3.63) is 70.3 Å². The highest BCUT2D eigenvalue weighted by Crippen LogP contribution is 2.32. The number of anilines is 1. The molecule has 1 N–H and O–H groups in total. The third-order valence-corrected chi connectivity index (χ3v) is 7.21. The highest BCUT2D eigenvalue weighted by molar-refractivity contribution is 7.92. The number of rotatable bonds is 6. The Morgan fingerprint density at radius 1 is 1.06 bits per heavy atom. The summed E-state index contributed by atoms with van der Waals surface area (Å²) in [7, 11) is -2.36. The molecule has 3 heterocycles. The van der Waals surface area contributed by atoms with Gasteiger partial charge in [-0.25, -0.2) is 28.1 Å². The Morgan fingerprint density at radius 2 is 1.91 bits per heavy atom. The van der Waals surface area contributed by atoms with Crippen LogP contribution in [0.4, 0.5) is 5.82 Å². The van der Waals surface area contributed by atoms with E-state index in [1.807, 2.05) is 18.2 Å². The molecule has 0 aliphatic carbocycles. The van der Waals surface area contributed by atoms with Gasteiger partial charge in [0.2, 0.25) is 5.82 Å². The smallest absolute Gasteiger partial charge is 0.264 e. The SMILES string of the molecule is Cn1nnc2cc(COc3nc4cccnc4nc3NS(=O)(=O)c3cccc(Cl)c3Cl)ccc21. The van der Waals surface area contributed by atoms with Gasteiger partial charge < -0.3 is 4.74 Å². The van der Waals surface area contributed by atoms with Crippen molar-refractivity contribution in [2.24, 2.45) is 7.05 Å². The first-order chi connectivity index (χ1) is 16.3. The number of sulfonamides is 1. The van der Waals surface area contributed by atoms with E-state index in [9.17, 15) is 8.42 Å².